The van der Waals surface area contributed by atoms with Crippen LogP contribution in [0.4, 0.5) is 4.79 Å². The van der Waals surface area contributed by atoms with Gasteiger partial charge in [-0.3, -0.25) is 9.69 Å². The van der Waals surface area contributed by atoms with E-state index in [1.54, 1.807) is 12.0 Å². The van der Waals surface area contributed by atoms with Gasteiger partial charge >= 0.3 is 6.09 Å². The van der Waals surface area contributed by atoms with Crippen molar-refractivity contribution in [2.75, 3.05) is 86.3 Å². The third kappa shape index (κ3) is 5.59. The van der Waals surface area contributed by atoms with Crippen LogP contribution in [0.25, 0.3) is 0 Å². The molecule has 0 aromatic carbocycles. The maximum atomic E-state index is 12.9. The van der Waals surface area contributed by atoms with E-state index in [9.17, 15) is 9.59 Å². The Morgan fingerprint density at radius 2 is 1.90 bits per heavy atom. The minimum absolute atomic E-state index is 0.127. The Balaban J connectivity index is 1.45. The summed E-state index contributed by atoms with van der Waals surface area (Å²) in [6, 6.07) is -0.127. The fraction of sp³-hybridized carbons (Fsp3) is 0.900. The van der Waals surface area contributed by atoms with Crippen molar-refractivity contribution in [3.63, 3.8) is 0 Å². The maximum absolute atomic E-state index is 12.9. The van der Waals surface area contributed by atoms with Crippen LogP contribution in [0, 0.1) is 0 Å². The average molecular weight is 413 g/mol. The van der Waals surface area contributed by atoms with Crippen molar-refractivity contribution >= 4 is 12.0 Å². The van der Waals surface area contributed by atoms with Gasteiger partial charge in [0.15, 0.2) is 0 Å². The van der Waals surface area contributed by atoms with Crippen molar-refractivity contribution in [1.82, 2.24) is 19.6 Å². The Morgan fingerprint density at radius 1 is 1.21 bits per heavy atom. The number of likely N-dealkylation sites (N-methyl/N-ethyl adjacent to an activating group) is 1. The van der Waals surface area contributed by atoms with Crippen molar-refractivity contribution in [3.05, 3.63) is 0 Å². The highest BCUT2D eigenvalue weighted by atomic mass is 16.6. The highest BCUT2D eigenvalue weighted by Crippen LogP contribution is 2.33. The zero-order valence-corrected chi connectivity index (χ0v) is 18.1. The largest absolute Gasteiger partial charge is 0.441 e. The summed E-state index contributed by atoms with van der Waals surface area (Å²) in [6.07, 6.45) is 1.18. The molecule has 3 rings (SSSR count). The number of likely N-dealkylation sites (tertiary alicyclic amines) is 1. The van der Waals surface area contributed by atoms with Gasteiger partial charge in [0.2, 0.25) is 5.91 Å². The van der Waals surface area contributed by atoms with Gasteiger partial charge in [0.25, 0.3) is 0 Å². The molecule has 0 aromatic heterocycles. The lowest BCUT2D eigenvalue weighted by atomic mass is 9.91. The molecule has 3 heterocycles. The Hall–Kier alpha value is -1.42. The number of amides is 2. The first-order valence-corrected chi connectivity index (χ1v) is 10.7. The van der Waals surface area contributed by atoms with Gasteiger partial charge in [0.1, 0.15) is 5.60 Å². The number of piperidine rings is 1. The molecule has 0 saturated carbocycles. The first kappa shape index (κ1) is 22.3. The molecule has 1 atom stereocenters. The number of morpholine rings is 1. The van der Waals surface area contributed by atoms with Gasteiger partial charge in [0, 0.05) is 65.8 Å². The van der Waals surface area contributed by atoms with Gasteiger partial charge in [-0.05, 0) is 14.0 Å². The van der Waals surface area contributed by atoms with Crippen LogP contribution >= 0.6 is 0 Å². The summed E-state index contributed by atoms with van der Waals surface area (Å²) in [6.45, 7) is 9.81. The highest BCUT2D eigenvalue weighted by Gasteiger charge is 2.47. The van der Waals surface area contributed by atoms with E-state index in [1.807, 2.05) is 18.9 Å². The van der Waals surface area contributed by atoms with E-state index < -0.39 is 5.60 Å². The molecule has 9 heteroatoms. The van der Waals surface area contributed by atoms with Crippen LogP contribution in [0.5, 0.6) is 0 Å². The summed E-state index contributed by atoms with van der Waals surface area (Å²) in [4.78, 5) is 33.3. The summed E-state index contributed by atoms with van der Waals surface area (Å²) in [5.74, 6) is 0.169. The van der Waals surface area contributed by atoms with Gasteiger partial charge in [-0.15, -0.1) is 0 Å². The van der Waals surface area contributed by atoms with Gasteiger partial charge in [-0.25, -0.2) is 4.79 Å². The molecule has 3 saturated heterocycles. The molecule has 29 heavy (non-hydrogen) atoms. The van der Waals surface area contributed by atoms with Gasteiger partial charge in [-0.1, -0.05) is 0 Å². The molecule has 9 nitrogen and oxygen atoms in total. The Morgan fingerprint density at radius 3 is 2.55 bits per heavy atom. The van der Waals surface area contributed by atoms with Crippen LogP contribution in [-0.4, -0.2) is 130 Å². The molecule has 3 fully saturated rings. The quantitative estimate of drug-likeness (QED) is 0.560. The number of hydrogen-bond donors (Lipinski definition) is 0. The smallest absolute Gasteiger partial charge is 0.410 e. The SMILES string of the molecule is COCCN(C)CCN1CC2(CCN(C(=O)C(C)N3CCOCC3)CC2)OC1=O. The predicted octanol–water partition coefficient (Wildman–Crippen LogP) is 0.0987. The number of carbonyl (C=O) groups excluding carboxylic acids is 2. The Bertz CT molecular complexity index is 561. The lowest BCUT2D eigenvalue weighted by Gasteiger charge is -2.40. The number of hydrogen-bond acceptors (Lipinski definition) is 7. The summed E-state index contributed by atoms with van der Waals surface area (Å²) >= 11 is 0. The summed E-state index contributed by atoms with van der Waals surface area (Å²) in [5, 5.41) is 0. The molecule has 0 aliphatic carbocycles. The van der Waals surface area contributed by atoms with Crippen molar-refractivity contribution in [2.45, 2.75) is 31.4 Å². The van der Waals surface area contributed by atoms with Gasteiger partial charge in [0.05, 0.1) is 32.4 Å². The molecule has 166 valence electrons. The lowest BCUT2D eigenvalue weighted by molar-refractivity contribution is -0.141. The highest BCUT2D eigenvalue weighted by molar-refractivity contribution is 5.81. The molecule has 1 unspecified atom stereocenters. The van der Waals surface area contributed by atoms with E-state index in [2.05, 4.69) is 9.80 Å². The van der Waals surface area contributed by atoms with Crippen LogP contribution in [0.15, 0.2) is 0 Å². The average Bonchev–Trinajstić information content (AvgIpc) is 3.05. The van der Waals surface area contributed by atoms with Crippen molar-refractivity contribution in [3.8, 4) is 0 Å². The second-order valence-electron chi connectivity index (χ2n) is 8.42. The summed E-state index contributed by atoms with van der Waals surface area (Å²) in [7, 11) is 3.71. The topological polar surface area (TPSA) is 74.8 Å². The monoisotopic (exact) mass is 412 g/mol. The van der Waals surface area contributed by atoms with E-state index in [0.29, 0.717) is 58.8 Å². The van der Waals surface area contributed by atoms with Crippen LogP contribution in [0.2, 0.25) is 0 Å². The molecular formula is C20H36N4O5. The van der Waals surface area contributed by atoms with Crippen molar-refractivity contribution in [1.29, 1.82) is 0 Å². The lowest BCUT2D eigenvalue weighted by Crippen LogP contribution is -2.55. The first-order valence-electron chi connectivity index (χ1n) is 10.7. The zero-order valence-electron chi connectivity index (χ0n) is 18.1. The molecule has 3 aliphatic rings. The standard InChI is InChI=1S/C20H36N4O5/c1-17(22-11-14-28-15-12-22)18(25)23-6-4-20(5-7-23)16-24(19(26)29-20)9-8-21(2)10-13-27-3/h17H,4-16H2,1-3H3. The van der Waals surface area contributed by atoms with Gasteiger partial charge < -0.3 is 28.9 Å². The molecule has 0 radical (unpaired) electrons. The normalized spacial score (nSPS) is 23.7. The molecule has 0 bridgehead atoms. The molecule has 2 amide bonds. The maximum Gasteiger partial charge on any atom is 0.410 e. The minimum Gasteiger partial charge on any atom is -0.441 e. The second-order valence-corrected chi connectivity index (χ2v) is 8.42. The van der Waals surface area contributed by atoms with E-state index >= 15 is 0 Å². The molecule has 3 aliphatic heterocycles. The first-order chi connectivity index (χ1) is 13.9. The van der Waals surface area contributed by atoms with E-state index in [-0.39, 0.29) is 18.0 Å². The van der Waals surface area contributed by atoms with E-state index in [4.69, 9.17) is 14.2 Å². The summed E-state index contributed by atoms with van der Waals surface area (Å²) in [5.41, 5.74) is -0.443. The van der Waals surface area contributed by atoms with Crippen LogP contribution < -0.4 is 0 Å². The predicted molar refractivity (Wildman–Crippen MR) is 108 cm³/mol. The number of carbonyl (C=O) groups is 2. The van der Waals surface area contributed by atoms with Crippen LogP contribution in [0.3, 0.4) is 0 Å². The second kappa shape index (κ2) is 10.1. The molecule has 0 aromatic rings. The van der Waals surface area contributed by atoms with E-state index in [1.165, 1.54) is 0 Å². The third-order valence-corrected chi connectivity index (χ3v) is 6.41. The fourth-order valence-corrected chi connectivity index (χ4v) is 4.30. The number of nitrogens with zero attached hydrogens (tertiary/aromatic N) is 4. The van der Waals surface area contributed by atoms with Gasteiger partial charge in [-0.2, -0.15) is 0 Å². The number of ether oxygens (including phenoxy) is 3. The van der Waals surface area contributed by atoms with Crippen LogP contribution in [0.1, 0.15) is 19.8 Å². The minimum atomic E-state index is -0.443. The van der Waals surface area contributed by atoms with Crippen molar-refractivity contribution in [2.24, 2.45) is 0 Å². The van der Waals surface area contributed by atoms with E-state index in [0.717, 1.165) is 26.2 Å². The molecule has 1 spiro atoms. The number of rotatable bonds is 8. The Labute approximate surface area is 173 Å². The third-order valence-electron chi connectivity index (χ3n) is 6.41. The fourth-order valence-electron chi connectivity index (χ4n) is 4.30. The Kier molecular flexibility index (Phi) is 7.72. The zero-order chi connectivity index (χ0) is 20.9. The molecule has 0 N–H and O–H groups in total. The number of methoxy groups -OCH3 is 1. The summed E-state index contributed by atoms with van der Waals surface area (Å²) < 4.78 is 16.3. The van der Waals surface area contributed by atoms with Crippen LogP contribution in [-0.2, 0) is 19.0 Å². The molecular weight excluding hydrogens is 376 g/mol. The van der Waals surface area contributed by atoms with Crippen molar-refractivity contribution < 1.29 is 23.8 Å².